The smallest absolute Gasteiger partial charge is 0.161 e. The van der Waals surface area contributed by atoms with E-state index < -0.39 is 0 Å². The van der Waals surface area contributed by atoms with Crippen molar-refractivity contribution in [2.45, 2.75) is 4.90 Å². The van der Waals surface area contributed by atoms with Crippen LogP contribution >= 0.6 is 12.6 Å². The summed E-state index contributed by atoms with van der Waals surface area (Å²) in [6, 6.07) is 5.32. The van der Waals surface area contributed by atoms with Crippen molar-refractivity contribution in [2.24, 2.45) is 0 Å². The fourth-order valence-corrected chi connectivity index (χ4v) is 1.12. The van der Waals surface area contributed by atoms with Gasteiger partial charge in [0.15, 0.2) is 11.5 Å². The molecule has 1 aromatic rings. The van der Waals surface area contributed by atoms with E-state index in [4.69, 9.17) is 14.6 Å². The van der Waals surface area contributed by atoms with E-state index in [9.17, 15) is 0 Å². The molecule has 1 rings (SSSR count). The number of hydrogen-bond donors (Lipinski definition) is 2. The van der Waals surface area contributed by atoms with Crippen molar-refractivity contribution in [1.29, 1.82) is 0 Å². The SMILES string of the molecule is COc1cc(S)ccc1OCCO. The van der Waals surface area contributed by atoms with E-state index in [0.717, 1.165) is 4.90 Å². The summed E-state index contributed by atoms with van der Waals surface area (Å²) < 4.78 is 10.3. The number of thiol groups is 1. The summed E-state index contributed by atoms with van der Waals surface area (Å²) in [5, 5.41) is 8.56. The highest BCUT2D eigenvalue weighted by molar-refractivity contribution is 7.80. The van der Waals surface area contributed by atoms with Crippen LogP contribution in [0.1, 0.15) is 0 Å². The molecule has 0 aliphatic heterocycles. The fraction of sp³-hybridized carbons (Fsp3) is 0.333. The van der Waals surface area contributed by atoms with Crippen molar-refractivity contribution < 1.29 is 14.6 Å². The van der Waals surface area contributed by atoms with Crippen LogP contribution in [0.15, 0.2) is 23.1 Å². The first kappa shape index (κ1) is 10.2. The van der Waals surface area contributed by atoms with Gasteiger partial charge in [-0.25, -0.2) is 0 Å². The lowest BCUT2D eigenvalue weighted by atomic mass is 10.3. The van der Waals surface area contributed by atoms with Crippen LogP contribution in [0.5, 0.6) is 11.5 Å². The van der Waals surface area contributed by atoms with Crippen LogP contribution in [0.4, 0.5) is 0 Å². The second kappa shape index (κ2) is 4.99. The first-order valence-corrected chi connectivity index (χ1v) is 4.33. The Bertz CT molecular complexity index is 276. The maximum Gasteiger partial charge on any atom is 0.161 e. The van der Waals surface area contributed by atoms with Crippen LogP contribution in [0.2, 0.25) is 0 Å². The van der Waals surface area contributed by atoms with Gasteiger partial charge in [0.2, 0.25) is 0 Å². The Labute approximate surface area is 82.7 Å². The molecule has 0 radical (unpaired) electrons. The van der Waals surface area contributed by atoms with E-state index in [1.165, 1.54) is 0 Å². The quantitative estimate of drug-likeness (QED) is 0.721. The third-order valence-corrected chi connectivity index (χ3v) is 1.77. The first-order valence-electron chi connectivity index (χ1n) is 3.88. The molecule has 3 nitrogen and oxygen atoms in total. The molecule has 1 aromatic carbocycles. The second-order valence-electron chi connectivity index (χ2n) is 2.41. The maximum atomic E-state index is 8.56. The summed E-state index contributed by atoms with van der Waals surface area (Å²) in [5.41, 5.74) is 0. The molecule has 0 heterocycles. The molecule has 72 valence electrons. The molecule has 0 amide bonds. The molecule has 0 aromatic heterocycles. The van der Waals surface area contributed by atoms with E-state index >= 15 is 0 Å². The zero-order valence-corrected chi connectivity index (χ0v) is 8.25. The molecule has 0 spiro atoms. The monoisotopic (exact) mass is 200 g/mol. The van der Waals surface area contributed by atoms with Crippen molar-refractivity contribution in [1.82, 2.24) is 0 Å². The standard InChI is InChI=1S/C9H12O3S/c1-11-9-6-7(13)2-3-8(9)12-5-4-10/h2-3,6,10,13H,4-5H2,1H3. The first-order chi connectivity index (χ1) is 6.27. The van der Waals surface area contributed by atoms with Crippen molar-refractivity contribution in [3.8, 4) is 11.5 Å². The molecular weight excluding hydrogens is 188 g/mol. The maximum absolute atomic E-state index is 8.56. The van der Waals surface area contributed by atoms with Crippen molar-refractivity contribution in [2.75, 3.05) is 20.3 Å². The zero-order valence-electron chi connectivity index (χ0n) is 7.36. The van der Waals surface area contributed by atoms with Crippen molar-refractivity contribution in [3.63, 3.8) is 0 Å². The predicted molar refractivity (Wildman–Crippen MR) is 52.8 cm³/mol. The van der Waals surface area contributed by atoms with Crippen LogP contribution < -0.4 is 9.47 Å². The summed E-state index contributed by atoms with van der Waals surface area (Å²) >= 11 is 4.16. The van der Waals surface area contributed by atoms with E-state index in [-0.39, 0.29) is 13.2 Å². The van der Waals surface area contributed by atoms with Crippen molar-refractivity contribution >= 4 is 12.6 Å². The highest BCUT2D eigenvalue weighted by Crippen LogP contribution is 2.28. The Morgan fingerprint density at radius 3 is 2.77 bits per heavy atom. The highest BCUT2D eigenvalue weighted by atomic mass is 32.1. The highest BCUT2D eigenvalue weighted by Gasteiger charge is 2.03. The van der Waals surface area contributed by atoms with E-state index in [0.29, 0.717) is 11.5 Å². The minimum atomic E-state index is -0.00815. The van der Waals surface area contributed by atoms with Gasteiger partial charge in [-0.05, 0) is 18.2 Å². The topological polar surface area (TPSA) is 38.7 Å². The van der Waals surface area contributed by atoms with Crippen LogP contribution in [0, 0.1) is 0 Å². The molecule has 0 atom stereocenters. The molecule has 1 N–H and O–H groups in total. The average Bonchev–Trinajstić information content (AvgIpc) is 2.16. The third kappa shape index (κ3) is 2.82. The molecule has 0 unspecified atom stereocenters. The van der Waals surface area contributed by atoms with Crippen LogP contribution in [-0.2, 0) is 0 Å². The van der Waals surface area contributed by atoms with Gasteiger partial charge in [-0.15, -0.1) is 12.6 Å². The second-order valence-corrected chi connectivity index (χ2v) is 2.92. The van der Waals surface area contributed by atoms with Gasteiger partial charge in [0.1, 0.15) is 6.61 Å². The predicted octanol–water partition coefficient (Wildman–Crippen LogP) is 1.35. The number of aliphatic hydroxyl groups excluding tert-OH is 1. The van der Waals surface area contributed by atoms with Gasteiger partial charge in [-0.2, -0.15) is 0 Å². The zero-order chi connectivity index (χ0) is 9.68. The summed E-state index contributed by atoms with van der Waals surface area (Å²) in [6.45, 7) is 0.258. The molecule has 13 heavy (non-hydrogen) atoms. The molecule has 0 aliphatic rings. The Kier molecular flexibility index (Phi) is 3.92. The summed E-state index contributed by atoms with van der Waals surface area (Å²) in [4.78, 5) is 0.813. The minimum Gasteiger partial charge on any atom is -0.493 e. The molecule has 4 heteroatoms. The minimum absolute atomic E-state index is 0.00815. The number of hydrogen-bond acceptors (Lipinski definition) is 4. The van der Waals surface area contributed by atoms with E-state index in [2.05, 4.69) is 12.6 Å². The van der Waals surface area contributed by atoms with Gasteiger partial charge in [0.25, 0.3) is 0 Å². The van der Waals surface area contributed by atoms with Gasteiger partial charge >= 0.3 is 0 Å². The van der Waals surface area contributed by atoms with Gasteiger partial charge in [0, 0.05) is 4.90 Å². The summed E-state index contributed by atoms with van der Waals surface area (Å²) in [6.07, 6.45) is 0. The van der Waals surface area contributed by atoms with Gasteiger partial charge < -0.3 is 14.6 Å². The Hall–Kier alpha value is -0.870. The van der Waals surface area contributed by atoms with Crippen LogP contribution in [0.3, 0.4) is 0 Å². The number of aliphatic hydroxyl groups is 1. The largest absolute Gasteiger partial charge is 0.493 e. The lowest BCUT2D eigenvalue weighted by Crippen LogP contribution is -2.02. The summed E-state index contributed by atoms with van der Waals surface area (Å²) in [5.74, 6) is 1.25. The third-order valence-electron chi connectivity index (χ3n) is 1.50. The molecule has 0 saturated heterocycles. The van der Waals surface area contributed by atoms with E-state index in [1.807, 2.05) is 0 Å². The molecule has 0 saturated carbocycles. The Morgan fingerprint density at radius 1 is 1.38 bits per heavy atom. The number of methoxy groups -OCH3 is 1. The molecule has 0 aliphatic carbocycles. The molecule has 0 bridgehead atoms. The lowest BCUT2D eigenvalue weighted by molar-refractivity contribution is 0.196. The Balaban J connectivity index is 2.79. The van der Waals surface area contributed by atoms with Gasteiger partial charge in [-0.3, -0.25) is 0 Å². The molecule has 0 fully saturated rings. The van der Waals surface area contributed by atoms with Crippen molar-refractivity contribution in [3.05, 3.63) is 18.2 Å². The number of ether oxygens (including phenoxy) is 2. The normalized spacial score (nSPS) is 9.77. The van der Waals surface area contributed by atoms with Gasteiger partial charge in [-0.1, -0.05) is 0 Å². The number of rotatable bonds is 4. The van der Waals surface area contributed by atoms with E-state index in [1.54, 1.807) is 25.3 Å². The van der Waals surface area contributed by atoms with Crippen LogP contribution in [0.25, 0.3) is 0 Å². The fourth-order valence-electron chi connectivity index (χ4n) is 0.931. The molecular formula is C9H12O3S. The van der Waals surface area contributed by atoms with Gasteiger partial charge in [0.05, 0.1) is 13.7 Å². The Morgan fingerprint density at radius 2 is 2.15 bits per heavy atom. The summed E-state index contributed by atoms with van der Waals surface area (Å²) in [7, 11) is 1.56. The van der Waals surface area contributed by atoms with Crippen LogP contribution in [-0.4, -0.2) is 25.4 Å². The number of benzene rings is 1. The lowest BCUT2D eigenvalue weighted by Gasteiger charge is -2.09. The average molecular weight is 200 g/mol.